The van der Waals surface area contributed by atoms with Crippen LogP contribution in [-0.2, 0) is 4.74 Å². The van der Waals surface area contributed by atoms with Crippen LogP contribution < -0.4 is 0 Å². The lowest BCUT2D eigenvalue weighted by atomic mass is 9.93. The minimum atomic E-state index is -2.77. The predicted octanol–water partition coefficient (Wildman–Crippen LogP) is 2.61. The van der Waals surface area contributed by atoms with Gasteiger partial charge in [-0.15, -0.1) is 0 Å². The fourth-order valence-corrected chi connectivity index (χ4v) is 2.68. The zero-order valence-electron chi connectivity index (χ0n) is 12.4. The third-order valence-electron chi connectivity index (χ3n) is 4.34. The number of rotatable bonds is 5. The molecule has 22 heavy (non-hydrogen) atoms. The van der Waals surface area contributed by atoms with Gasteiger partial charge in [0.05, 0.1) is 12.5 Å². The molecule has 2 aliphatic rings. The summed E-state index contributed by atoms with van der Waals surface area (Å²) in [6.07, 6.45) is 5.02. The molecule has 1 amide bonds. The fourth-order valence-electron chi connectivity index (χ4n) is 2.68. The first-order chi connectivity index (χ1) is 10.6. The highest BCUT2D eigenvalue weighted by Gasteiger charge is 2.45. The Balaban J connectivity index is 1.60. The van der Waals surface area contributed by atoms with E-state index in [0.29, 0.717) is 18.1 Å². The van der Waals surface area contributed by atoms with Crippen molar-refractivity contribution in [3.63, 3.8) is 0 Å². The van der Waals surface area contributed by atoms with Crippen molar-refractivity contribution in [2.45, 2.75) is 25.2 Å². The molecule has 2 heterocycles. The molecule has 1 saturated heterocycles. The zero-order chi connectivity index (χ0) is 15.6. The Labute approximate surface area is 128 Å². The summed E-state index contributed by atoms with van der Waals surface area (Å²) < 4.78 is 33.5. The lowest BCUT2D eigenvalue weighted by Gasteiger charge is -2.38. The first-order valence-corrected chi connectivity index (χ1v) is 7.71. The number of hydrogen-bond donors (Lipinski definition) is 0. The number of hydrogen-bond acceptors (Lipinski definition) is 3. The highest BCUT2D eigenvalue weighted by molar-refractivity contribution is 5.94. The van der Waals surface area contributed by atoms with Crippen molar-refractivity contribution in [3.8, 4) is 0 Å². The third-order valence-corrected chi connectivity index (χ3v) is 4.34. The molecule has 1 saturated carbocycles. The Kier molecular flexibility index (Phi) is 4.38. The van der Waals surface area contributed by atoms with Crippen LogP contribution in [0.5, 0.6) is 0 Å². The van der Waals surface area contributed by atoms with Crippen molar-refractivity contribution in [2.24, 2.45) is 11.8 Å². The Morgan fingerprint density at radius 3 is 2.73 bits per heavy atom. The molecule has 0 spiro atoms. The number of ether oxygens (including phenoxy) is 1. The minimum absolute atomic E-state index is 0.0175. The maximum atomic E-state index is 14.0. The summed E-state index contributed by atoms with van der Waals surface area (Å²) in [6.45, 7) is 0.695. The van der Waals surface area contributed by atoms with Crippen LogP contribution in [0, 0.1) is 11.8 Å². The quantitative estimate of drug-likeness (QED) is 0.839. The Morgan fingerprint density at radius 1 is 1.32 bits per heavy atom. The second kappa shape index (κ2) is 6.28. The Morgan fingerprint density at radius 2 is 2.05 bits per heavy atom. The summed E-state index contributed by atoms with van der Waals surface area (Å²) in [5.74, 6) is -3.36. The number of alkyl halides is 2. The van der Waals surface area contributed by atoms with Crippen LogP contribution in [0.1, 0.15) is 29.6 Å². The highest BCUT2D eigenvalue weighted by atomic mass is 19.3. The van der Waals surface area contributed by atoms with E-state index in [4.69, 9.17) is 4.74 Å². The first kappa shape index (κ1) is 15.3. The Hall–Kier alpha value is -1.56. The molecule has 2 fully saturated rings. The van der Waals surface area contributed by atoms with Crippen LogP contribution in [0.25, 0.3) is 0 Å². The van der Waals surface area contributed by atoms with Crippen molar-refractivity contribution in [3.05, 3.63) is 30.1 Å². The van der Waals surface area contributed by atoms with E-state index < -0.39 is 11.8 Å². The average Bonchev–Trinajstić information content (AvgIpc) is 3.33. The standard InChI is InChI=1S/C16H20F2N2O2/c17-16(18)5-8-20(15(21)13-3-6-19-7-4-13)9-14(16)11-22-10-12-1-2-12/h3-4,6-7,12,14H,1-2,5,8-11H2. The number of piperidine rings is 1. The van der Waals surface area contributed by atoms with Crippen molar-refractivity contribution in [1.82, 2.24) is 9.88 Å². The van der Waals surface area contributed by atoms with Crippen LogP contribution in [-0.4, -0.2) is 48.0 Å². The molecule has 120 valence electrons. The largest absolute Gasteiger partial charge is 0.381 e. The number of carbonyl (C=O) groups excluding carboxylic acids is 1. The molecule has 4 nitrogen and oxygen atoms in total. The van der Waals surface area contributed by atoms with Crippen molar-refractivity contribution < 1.29 is 18.3 Å². The van der Waals surface area contributed by atoms with E-state index in [1.54, 1.807) is 12.1 Å². The lowest BCUT2D eigenvalue weighted by Crippen LogP contribution is -2.50. The number of amides is 1. The summed E-state index contributed by atoms with van der Waals surface area (Å²) in [5, 5.41) is 0. The Bertz CT molecular complexity index is 520. The molecular formula is C16H20F2N2O2. The van der Waals surface area contributed by atoms with E-state index in [1.807, 2.05) is 0 Å². The number of likely N-dealkylation sites (tertiary alicyclic amines) is 1. The van der Waals surface area contributed by atoms with Crippen molar-refractivity contribution >= 4 is 5.91 Å². The predicted molar refractivity (Wildman–Crippen MR) is 76.7 cm³/mol. The maximum Gasteiger partial charge on any atom is 0.256 e. The summed E-state index contributed by atoms with van der Waals surface area (Å²) in [7, 11) is 0. The second-order valence-corrected chi connectivity index (χ2v) is 6.18. The molecule has 1 aliphatic heterocycles. The van der Waals surface area contributed by atoms with Gasteiger partial charge in [0.2, 0.25) is 0 Å². The van der Waals surface area contributed by atoms with Crippen molar-refractivity contribution in [2.75, 3.05) is 26.3 Å². The summed E-state index contributed by atoms with van der Waals surface area (Å²) in [6, 6.07) is 3.21. The fraction of sp³-hybridized carbons (Fsp3) is 0.625. The van der Waals surface area contributed by atoms with E-state index in [-0.39, 0.29) is 32.0 Å². The summed E-state index contributed by atoms with van der Waals surface area (Å²) in [4.78, 5) is 17.7. The van der Waals surface area contributed by atoms with E-state index in [9.17, 15) is 13.6 Å². The first-order valence-electron chi connectivity index (χ1n) is 7.71. The molecular weight excluding hydrogens is 290 g/mol. The van der Waals surface area contributed by atoms with Gasteiger partial charge in [-0.05, 0) is 30.9 Å². The molecule has 1 aromatic rings. The van der Waals surface area contributed by atoms with Gasteiger partial charge in [-0.2, -0.15) is 0 Å². The second-order valence-electron chi connectivity index (χ2n) is 6.18. The van der Waals surface area contributed by atoms with Gasteiger partial charge < -0.3 is 9.64 Å². The molecule has 3 rings (SSSR count). The lowest BCUT2D eigenvalue weighted by molar-refractivity contribution is -0.122. The molecule has 1 unspecified atom stereocenters. The van der Waals surface area contributed by atoms with Gasteiger partial charge in [-0.25, -0.2) is 8.78 Å². The minimum Gasteiger partial charge on any atom is -0.381 e. The number of halogens is 2. The average molecular weight is 310 g/mol. The van der Waals surface area contributed by atoms with Crippen LogP contribution in [0.15, 0.2) is 24.5 Å². The number of aromatic nitrogens is 1. The van der Waals surface area contributed by atoms with Crippen LogP contribution in [0.2, 0.25) is 0 Å². The summed E-state index contributed by atoms with van der Waals surface area (Å²) >= 11 is 0. The third kappa shape index (κ3) is 3.61. The SMILES string of the molecule is O=C(c1ccncc1)N1CCC(F)(F)C(COCC2CC2)C1. The molecule has 1 aromatic heterocycles. The molecule has 1 aliphatic carbocycles. The van der Waals surface area contributed by atoms with E-state index in [0.717, 1.165) is 12.8 Å². The molecule has 1 atom stereocenters. The van der Waals surface area contributed by atoms with E-state index >= 15 is 0 Å². The molecule has 0 N–H and O–H groups in total. The van der Waals surface area contributed by atoms with Gasteiger partial charge in [0, 0.05) is 44.1 Å². The van der Waals surface area contributed by atoms with Gasteiger partial charge in [-0.1, -0.05) is 0 Å². The zero-order valence-corrected chi connectivity index (χ0v) is 12.4. The van der Waals surface area contributed by atoms with Gasteiger partial charge in [0.1, 0.15) is 0 Å². The normalized spacial score (nSPS) is 24.3. The molecule has 0 bridgehead atoms. The van der Waals surface area contributed by atoms with Crippen molar-refractivity contribution in [1.29, 1.82) is 0 Å². The topological polar surface area (TPSA) is 42.4 Å². The van der Waals surface area contributed by atoms with E-state index in [1.165, 1.54) is 17.3 Å². The molecule has 0 aromatic carbocycles. The van der Waals surface area contributed by atoms with Gasteiger partial charge in [-0.3, -0.25) is 9.78 Å². The molecule has 0 radical (unpaired) electrons. The van der Waals surface area contributed by atoms with Crippen LogP contribution >= 0.6 is 0 Å². The van der Waals surface area contributed by atoms with Gasteiger partial charge in [0.25, 0.3) is 11.8 Å². The summed E-state index contributed by atoms with van der Waals surface area (Å²) in [5.41, 5.74) is 0.484. The van der Waals surface area contributed by atoms with Gasteiger partial charge >= 0.3 is 0 Å². The monoisotopic (exact) mass is 310 g/mol. The number of carbonyl (C=O) groups is 1. The van der Waals surface area contributed by atoms with E-state index in [2.05, 4.69) is 4.98 Å². The smallest absolute Gasteiger partial charge is 0.256 e. The molecule has 6 heteroatoms. The number of pyridine rings is 1. The van der Waals surface area contributed by atoms with Gasteiger partial charge in [0.15, 0.2) is 0 Å². The highest BCUT2D eigenvalue weighted by Crippen LogP contribution is 2.35. The maximum absolute atomic E-state index is 14.0. The van der Waals surface area contributed by atoms with Crippen LogP contribution in [0.3, 0.4) is 0 Å². The van der Waals surface area contributed by atoms with Crippen LogP contribution in [0.4, 0.5) is 8.78 Å². The number of nitrogens with zero attached hydrogens (tertiary/aromatic N) is 2.